The molecule has 8 atom stereocenters. The molecule has 1 aromatic rings. The van der Waals surface area contributed by atoms with Crippen molar-refractivity contribution in [2.24, 2.45) is 23.7 Å². The van der Waals surface area contributed by atoms with E-state index in [1.807, 2.05) is 58.2 Å². The maximum atomic E-state index is 13.9. The van der Waals surface area contributed by atoms with E-state index in [-0.39, 0.29) is 54.0 Å². The lowest BCUT2D eigenvalue weighted by Gasteiger charge is -2.40. The number of esters is 1. The molecule has 0 bridgehead atoms. The Morgan fingerprint density at radius 1 is 0.978 bits per heavy atom. The van der Waals surface area contributed by atoms with Gasteiger partial charge in [-0.05, 0) is 30.2 Å². The third kappa shape index (κ3) is 10.0. The molecule has 0 spiro atoms. The average molecular weight is 632 g/mol. The fraction of sp³-hybridized carbons (Fsp3) is 0.714. The lowest BCUT2D eigenvalue weighted by Crippen LogP contribution is -2.54. The number of amides is 3. The molecule has 1 fully saturated rings. The highest BCUT2D eigenvalue weighted by molar-refractivity contribution is 5.86. The molecule has 1 heterocycles. The first-order chi connectivity index (χ1) is 21.3. The third-order valence-corrected chi connectivity index (χ3v) is 9.73. The van der Waals surface area contributed by atoms with Gasteiger partial charge in [0.25, 0.3) is 0 Å². The summed E-state index contributed by atoms with van der Waals surface area (Å²) in [5, 5.41) is 2.86. The average Bonchev–Trinajstić information content (AvgIpc) is 3.52. The third-order valence-electron chi connectivity index (χ3n) is 9.73. The number of nitrogens with zero attached hydrogens (tertiary/aromatic N) is 2. The van der Waals surface area contributed by atoms with Crippen LogP contribution in [0, 0.1) is 23.7 Å². The zero-order valence-corrected chi connectivity index (χ0v) is 29.1. The number of rotatable bonds is 17. The van der Waals surface area contributed by atoms with Crippen molar-refractivity contribution in [2.75, 3.05) is 34.9 Å². The first-order valence-electron chi connectivity index (χ1n) is 16.4. The number of benzene rings is 1. The Morgan fingerprint density at radius 2 is 1.62 bits per heavy atom. The molecule has 0 saturated carbocycles. The summed E-state index contributed by atoms with van der Waals surface area (Å²) in [5.74, 6) is -1.43. The molecular formula is C35H57N3O7. The second-order valence-electron chi connectivity index (χ2n) is 12.9. The van der Waals surface area contributed by atoms with E-state index >= 15 is 0 Å². The molecule has 10 heteroatoms. The number of hydrogen-bond acceptors (Lipinski definition) is 7. The van der Waals surface area contributed by atoms with Crippen molar-refractivity contribution in [2.45, 2.75) is 104 Å². The predicted octanol–water partition coefficient (Wildman–Crippen LogP) is 4.10. The van der Waals surface area contributed by atoms with Crippen LogP contribution in [0.4, 0.5) is 0 Å². The zero-order chi connectivity index (χ0) is 33.8. The first-order valence-corrected chi connectivity index (χ1v) is 16.4. The number of methoxy groups -OCH3 is 3. The van der Waals surface area contributed by atoms with Gasteiger partial charge in [0, 0.05) is 40.2 Å². The van der Waals surface area contributed by atoms with Gasteiger partial charge in [0.15, 0.2) is 0 Å². The van der Waals surface area contributed by atoms with E-state index in [9.17, 15) is 19.2 Å². The van der Waals surface area contributed by atoms with Gasteiger partial charge in [0.1, 0.15) is 6.04 Å². The Morgan fingerprint density at radius 3 is 2.16 bits per heavy atom. The molecule has 2 rings (SSSR count). The van der Waals surface area contributed by atoms with Crippen molar-refractivity contribution >= 4 is 23.7 Å². The summed E-state index contributed by atoms with van der Waals surface area (Å²) in [7, 11) is 6.25. The molecule has 0 aromatic heterocycles. The van der Waals surface area contributed by atoms with Crippen LogP contribution in [-0.2, 0) is 39.8 Å². The summed E-state index contributed by atoms with van der Waals surface area (Å²) >= 11 is 0. The highest BCUT2D eigenvalue weighted by Gasteiger charge is 2.42. The lowest BCUT2D eigenvalue weighted by molar-refractivity contribution is -0.149. The Labute approximate surface area is 270 Å². The van der Waals surface area contributed by atoms with E-state index in [0.29, 0.717) is 19.4 Å². The second-order valence-corrected chi connectivity index (χ2v) is 12.9. The summed E-state index contributed by atoms with van der Waals surface area (Å²) in [5.41, 5.74) is 0.895. The molecule has 0 aliphatic carbocycles. The molecule has 1 N–H and O–H groups in total. The quantitative estimate of drug-likeness (QED) is 0.258. The van der Waals surface area contributed by atoms with Gasteiger partial charge in [-0.1, -0.05) is 78.3 Å². The summed E-state index contributed by atoms with van der Waals surface area (Å²) in [6.07, 6.45) is 1.60. The van der Waals surface area contributed by atoms with E-state index < -0.39 is 30.1 Å². The minimum Gasteiger partial charge on any atom is -0.467 e. The minimum atomic E-state index is -0.857. The first kappa shape index (κ1) is 38.2. The van der Waals surface area contributed by atoms with Gasteiger partial charge in [0.2, 0.25) is 17.7 Å². The Balaban J connectivity index is 2.22. The van der Waals surface area contributed by atoms with E-state index in [1.165, 1.54) is 7.11 Å². The molecular weight excluding hydrogens is 574 g/mol. The molecule has 254 valence electrons. The smallest absolute Gasteiger partial charge is 0.328 e. The van der Waals surface area contributed by atoms with Crippen molar-refractivity contribution in [3.8, 4) is 0 Å². The zero-order valence-electron chi connectivity index (χ0n) is 29.1. The van der Waals surface area contributed by atoms with Crippen LogP contribution in [-0.4, -0.2) is 98.7 Å². The van der Waals surface area contributed by atoms with Gasteiger partial charge in [0.05, 0.1) is 43.7 Å². The number of ether oxygens (including phenoxy) is 3. The van der Waals surface area contributed by atoms with Crippen LogP contribution < -0.4 is 5.32 Å². The van der Waals surface area contributed by atoms with E-state index in [1.54, 1.807) is 30.9 Å². The number of hydrogen-bond donors (Lipinski definition) is 1. The molecule has 10 nitrogen and oxygen atoms in total. The van der Waals surface area contributed by atoms with E-state index in [2.05, 4.69) is 19.2 Å². The molecule has 45 heavy (non-hydrogen) atoms. The lowest BCUT2D eigenvalue weighted by atomic mass is 9.88. The standard InChI is InChI=1S/C35H57N3O7/c1-11-23(4)31(37(7)34(41)24(5)22(2)3)29(43-8)21-30(39)38-19-15-18-28(38)32(44-9)25(6)33(40)36-27(35(42)45-10)20-26-16-13-12-14-17-26/h12-14,16-17,22-25,27-29,31-32H,11,15,18-21H2,1-10H3,(H,36,40)/t23-,24-,25+,27-,28-,29+,31-,32+/m0/s1. The van der Waals surface area contributed by atoms with Crippen LogP contribution in [0.25, 0.3) is 0 Å². The Bertz CT molecular complexity index is 1100. The van der Waals surface area contributed by atoms with Crippen LogP contribution in [0.15, 0.2) is 30.3 Å². The van der Waals surface area contributed by atoms with Gasteiger partial charge in [-0.15, -0.1) is 0 Å². The minimum absolute atomic E-state index is 0.0423. The normalized spacial score (nSPS) is 19.6. The van der Waals surface area contributed by atoms with Crippen molar-refractivity contribution in [3.63, 3.8) is 0 Å². The molecule has 1 aliphatic rings. The van der Waals surface area contributed by atoms with Gasteiger partial charge in [-0.25, -0.2) is 4.79 Å². The van der Waals surface area contributed by atoms with Gasteiger partial charge < -0.3 is 29.3 Å². The monoisotopic (exact) mass is 631 g/mol. The van der Waals surface area contributed by atoms with Gasteiger partial charge >= 0.3 is 5.97 Å². The van der Waals surface area contributed by atoms with Crippen molar-refractivity contribution in [1.82, 2.24) is 15.1 Å². The Kier molecular flexibility index (Phi) is 15.5. The van der Waals surface area contributed by atoms with Crippen LogP contribution in [0.1, 0.15) is 72.8 Å². The van der Waals surface area contributed by atoms with Crippen LogP contribution in [0.5, 0.6) is 0 Å². The molecule has 1 aliphatic heterocycles. The number of carbonyl (C=O) groups excluding carboxylic acids is 4. The molecule has 1 aromatic carbocycles. The summed E-state index contributed by atoms with van der Waals surface area (Å²) in [6, 6.07) is 7.97. The second kappa shape index (κ2) is 18.2. The summed E-state index contributed by atoms with van der Waals surface area (Å²) < 4.78 is 16.8. The maximum absolute atomic E-state index is 13.9. The van der Waals surface area contributed by atoms with Crippen LogP contribution in [0.3, 0.4) is 0 Å². The van der Waals surface area contributed by atoms with Gasteiger partial charge in [-0.2, -0.15) is 0 Å². The van der Waals surface area contributed by atoms with Crippen molar-refractivity contribution < 1.29 is 33.4 Å². The number of nitrogens with one attached hydrogen (secondary N) is 1. The number of likely N-dealkylation sites (tertiary alicyclic amines) is 1. The van der Waals surface area contributed by atoms with Crippen molar-refractivity contribution in [3.05, 3.63) is 35.9 Å². The Hall–Kier alpha value is -2.98. The summed E-state index contributed by atoms with van der Waals surface area (Å²) in [6.45, 7) is 12.5. The number of carbonyl (C=O) groups is 4. The largest absolute Gasteiger partial charge is 0.467 e. The highest BCUT2D eigenvalue weighted by Crippen LogP contribution is 2.30. The fourth-order valence-electron chi connectivity index (χ4n) is 6.40. The summed E-state index contributed by atoms with van der Waals surface area (Å²) in [4.78, 5) is 56.9. The molecule has 0 unspecified atom stereocenters. The fourth-order valence-corrected chi connectivity index (χ4v) is 6.40. The van der Waals surface area contributed by atoms with Crippen LogP contribution >= 0.6 is 0 Å². The van der Waals surface area contributed by atoms with E-state index in [4.69, 9.17) is 14.2 Å². The number of likely N-dealkylation sites (N-methyl/N-ethyl adjacent to an activating group) is 1. The topological polar surface area (TPSA) is 114 Å². The predicted molar refractivity (Wildman–Crippen MR) is 174 cm³/mol. The van der Waals surface area contributed by atoms with Crippen LogP contribution in [0.2, 0.25) is 0 Å². The molecule has 3 amide bonds. The van der Waals surface area contributed by atoms with Crippen molar-refractivity contribution in [1.29, 1.82) is 0 Å². The molecule has 1 saturated heterocycles. The van der Waals surface area contributed by atoms with E-state index in [0.717, 1.165) is 18.4 Å². The maximum Gasteiger partial charge on any atom is 0.328 e. The SMILES string of the molecule is CC[C@H](C)[C@@H]([C@@H](CC(=O)N1CCC[C@H]1[C@H](OC)[C@@H](C)C(=O)N[C@@H](Cc1ccccc1)C(=O)OC)OC)N(C)C(=O)[C@@H](C)C(C)C. The highest BCUT2D eigenvalue weighted by atomic mass is 16.5. The molecule has 0 radical (unpaired) electrons. The van der Waals surface area contributed by atoms with Gasteiger partial charge in [-0.3, -0.25) is 14.4 Å².